The van der Waals surface area contributed by atoms with Crippen molar-refractivity contribution in [2.45, 2.75) is 180 Å². The van der Waals surface area contributed by atoms with E-state index in [0.717, 1.165) is 51.4 Å². The van der Waals surface area contributed by atoms with Crippen molar-refractivity contribution in [1.82, 2.24) is 5.32 Å². The number of hydrogen-bond acceptors (Lipinski definition) is 8. The smallest absolute Gasteiger partial charge is 0.306 e. The molecule has 0 saturated carbocycles. The Morgan fingerprint density at radius 2 is 1.31 bits per heavy atom. The van der Waals surface area contributed by atoms with Gasteiger partial charge in [-0.3, -0.25) is 14.4 Å². The van der Waals surface area contributed by atoms with Crippen LogP contribution in [0, 0.1) is 5.92 Å². The van der Waals surface area contributed by atoms with E-state index in [9.17, 15) is 24.6 Å². The van der Waals surface area contributed by atoms with Gasteiger partial charge in [-0.15, -0.1) is 0 Å². The molecule has 1 aliphatic rings. The van der Waals surface area contributed by atoms with Crippen molar-refractivity contribution in [3.05, 3.63) is 0 Å². The lowest BCUT2D eigenvalue weighted by Gasteiger charge is -2.43. The van der Waals surface area contributed by atoms with E-state index in [0.29, 0.717) is 19.3 Å². The lowest BCUT2D eigenvalue weighted by molar-refractivity contribution is -0.241. The fraction of sp³-hybridized carbons (Fsp3) is 0.909. The largest absolute Gasteiger partial charge is 0.462 e. The Morgan fingerprint density at radius 3 is 1.88 bits per heavy atom. The molecule has 1 heterocycles. The summed E-state index contributed by atoms with van der Waals surface area (Å²) in [5, 5.41) is 23.2. The molecule has 1 rings (SSSR count). The molecule has 246 valence electrons. The average molecular weight is 600 g/mol. The van der Waals surface area contributed by atoms with E-state index in [2.05, 4.69) is 19.2 Å². The first kappa shape index (κ1) is 38.3. The van der Waals surface area contributed by atoms with Gasteiger partial charge in [-0.2, -0.15) is 0 Å². The van der Waals surface area contributed by atoms with Crippen LogP contribution in [0.4, 0.5) is 0 Å². The minimum Gasteiger partial charge on any atom is -0.462 e. The van der Waals surface area contributed by atoms with Gasteiger partial charge in [-0.1, -0.05) is 105 Å². The first-order valence-corrected chi connectivity index (χ1v) is 16.9. The predicted octanol–water partition coefficient (Wildman–Crippen LogP) is 6.11. The monoisotopic (exact) mass is 599 g/mol. The summed E-state index contributed by atoms with van der Waals surface area (Å²) in [5.41, 5.74) is 0. The van der Waals surface area contributed by atoms with Gasteiger partial charge in [0.25, 0.3) is 0 Å². The highest BCUT2D eigenvalue weighted by molar-refractivity contribution is 5.78. The summed E-state index contributed by atoms with van der Waals surface area (Å²) in [4.78, 5) is 38.3. The van der Waals surface area contributed by atoms with Gasteiger partial charge in [-0.25, -0.2) is 0 Å². The van der Waals surface area contributed by atoms with Crippen LogP contribution in [0.5, 0.6) is 0 Å². The van der Waals surface area contributed by atoms with E-state index in [1.807, 2.05) is 6.92 Å². The van der Waals surface area contributed by atoms with Crippen LogP contribution in [-0.4, -0.2) is 65.3 Å². The summed E-state index contributed by atoms with van der Waals surface area (Å²) < 4.78 is 17.0. The molecular weight excluding hydrogens is 538 g/mol. The highest BCUT2D eigenvalue weighted by Gasteiger charge is 2.46. The summed E-state index contributed by atoms with van der Waals surface area (Å²) in [6, 6.07) is -1.00. The molecule has 1 fully saturated rings. The van der Waals surface area contributed by atoms with Gasteiger partial charge in [0, 0.05) is 18.8 Å². The normalized spacial score (nSPS) is 22.9. The van der Waals surface area contributed by atoms with Crippen LogP contribution in [0.3, 0.4) is 0 Å². The van der Waals surface area contributed by atoms with Crippen LogP contribution in [0.15, 0.2) is 0 Å². The number of unbranched alkanes of at least 4 members (excludes halogenated alkanes) is 12. The molecule has 42 heavy (non-hydrogen) atoms. The van der Waals surface area contributed by atoms with E-state index >= 15 is 0 Å². The molecule has 6 atom stereocenters. The van der Waals surface area contributed by atoms with Crippen molar-refractivity contribution in [2.75, 3.05) is 6.61 Å². The Kier molecular flexibility index (Phi) is 21.6. The Hall–Kier alpha value is -1.71. The zero-order valence-electron chi connectivity index (χ0n) is 27.0. The second-order valence-corrected chi connectivity index (χ2v) is 12.0. The average Bonchev–Trinajstić information content (AvgIpc) is 2.95. The van der Waals surface area contributed by atoms with Crippen molar-refractivity contribution in [3.8, 4) is 0 Å². The molecule has 0 spiro atoms. The van der Waals surface area contributed by atoms with Gasteiger partial charge in [0.2, 0.25) is 5.91 Å². The third-order valence-electron chi connectivity index (χ3n) is 8.16. The van der Waals surface area contributed by atoms with E-state index in [1.54, 1.807) is 6.92 Å². The van der Waals surface area contributed by atoms with Gasteiger partial charge >= 0.3 is 11.9 Å². The number of esters is 2. The van der Waals surface area contributed by atoms with E-state index in [1.165, 1.54) is 38.5 Å². The molecule has 0 aromatic heterocycles. The topological polar surface area (TPSA) is 131 Å². The summed E-state index contributed by atoms with van der Waals surface area (Å²) >= 11 is 0. The Labute approximate surface area is 254 Å². The summed E-state index contributed by atoms with van der Waals surface area (Å²) in [7, 11) is 0. The van der Waals surface area contributed by atoms with E-state index in [4.69, 9.17) is 14.2 Å². The SMILES string of the molecule is CCCCCCCCCCC[C@H](CC(=O)N[C@H]1C(O)O[C@H](CO)[C@@H](C)[C@@H]1OC(=O)CCCCC)OC(=O)CCCCC. The molecule has 0 radical (unpaired) electrons. The number of nitrogens with one attached hydrogen (secondary N) is 1. The van der Waals surface area contributed by atoms with Crippen LogP contribution < -0.4 is 5.32 Å². The lowest BCUT2D eigenvalue weighted by Crippen LogP contribution is -2.62. The van der Waals surface area contributed by atoms with Crippen LogP contribution in [-0.2, 0) is 28.6 Å². The third kappa shape index (κ3) is 16.2. The Balaban J connectivity index is 2.77. The van der Waals surface area contributed by atoms with Crippen LogP contribution in [0.25, 0.3) is 0 Å². The fourth-order valence-corrected chi connectivity index (χ4v) is 5.46. The highest BCUT2D eigenvalue weighted by atomic mass is 16.6. The maximum Gasteiger partial charge on any atom is 0.306 e. The summed E-state index contributed by atoms with van der Waals surface area (Å²) in [5.74, 6) is -1.56. The Bertz CT molecular complexity index is 733. The van der Waals surface area contributed by atoms with Crippen molar-refractivity contribution < 1.29 is 38.8 Å². The molecule has 1 unspecified atom stereocenters. The van der Waals surface area contributed by atoms with Gasteiger partial charge in [-0.05, 0) is 25.7 Å². The predicted molar refractivity (Wildman–Crippen MR) is 164 cm³/mol. The maximum absolute atomic E-state index is 13.2. The first-order valence-electron chi connectivity index (χ1n) is 16.9. The number of ether oxygens (including phenoxy) is 3. The van der Waals surface area contributed by atoms with Gasteiger partial charge in [0.05, 0.1) is 19.1 Å². The molecule has 0 aromatic rings. The van der Waals surface area contributed by atoms with Crippen LogP contribution in [0.2, 0.25) is 0 Å². The third-order valence-corrected chi connectivity index (χ3v) is 8.16. The second kappa shape index (κ2) is 23.7. The first-order chi connectivity index (χ1) is 20.3. The quantitative estimate of drug-likeness (QED) is 0.0894. The van der Waals surface area contributed by atoms with Crippen molar-refractivity contribution in [2.24, 2.45) is 5.92 Å². The van der Waals surface area contributed by atoms with Gasteiger partial charge in [0.1, 0.15) is 18.2 Å². The number of carbonyl (C=O) groups is 3. The molecule has 0 bridgehead atoms. The lowest BCUT2D eigenvalue weighted by atomic mass is 9.89. The summed E-state index contributed by atoms with van der Waals surface area (Å²) in [6.45, 7) is 7.75. The second-order valence-electron chi connectivity index (χ2n) is 12.0. The molecular formula is C33H61NO8. The molecule has 9 nitrogen and oxygen atoms in total. The van der Waals surface area contributed by atoms with Crippen LogP contribution >= 0.6 is 0 Å². The van der Waals surface area contributed by atoms with Gasteiger partial charge in [0.15, 0.2) is 6.29 Å². The number of aliphatic hydroxyl groups is 2. The Morgan fingerprint density at radius 1 is 0.786 bits per heavy atom. The molecule has 0 aromatic carbocycles. The standard InChI is InChI=1S/C33H61NO8/c1-5-8-11-12-13-14-15-16-19-20-26(40-29(37)21-17-9-6-2)23-28(36)34-31-32(42-30(38)22-18-10-7-3)25(4)27(24-35)41-33(31)39/h25-27,31-33,35,39H,5-24H2,1-4H3,(H,34,36)/t25-,26-,27-,31-,32+,33?/m1/s1. The number of carbonyl (C=O) groups excluding carboxylic acids is 3. The molecule has 1 saturated heterocycles. The van der Waals surface area contributed by atoms with Crippen LogP contribution in [0.1, 0.15) is 150 Å². The molecule has 1 amide bonds. The number of rotatable bonds is 24. The highest BCUT2D eigenvalue weighted by Crippen LogP contribution is 2.28. The molecule has 0 aliphatic carbocycles. The summed E-state index contributed by atoms with van der Waals surface area (Å²) in [6.07, 6.45) is 13.3. The zero-order valence-corrected chi connectivity index (χ0v) is 27.0. The van der Waals surface area contributed by atoms with Crippen molar-refractivity contribution in [3.63, 3.8) is 0 Å². The van der Waals surface area contributed by atoms with E-state index < -0.39 is 48.4 Å². The zero-order chi connectivity index (χ0) is 31.2. The van der Waals surface area contributed by atoms with Gasteiger partial charge < -0.3 is 29.7 Å². The maximum atomic E-state index is 13.2. The minimum atomic E-state index is -1.46. The fourth-order valence-electron chi connectivity index (χ4n) is 5.46. The minimum absolute atomic E-state index is 0.0469. The van der Waals surface area contributed by atoms with E-state index in [-0.39, 0.29) is 25.4 Å². The number of amides is 1. The van der Waals surface area contributed by atoms with Crippen molar-refractivity contribution in [1.29, 1.82) is 0 Å². The molecule has 1 aliphatic heterocycles. The molecule has 3 N–H and O–H groups in total. The van der Waals surface area contributed by atoms with Crippen molar-refractivity contribution >= 4 is 17.8 Å². The molecule has 9 heteroatoms. The number of hydrogen-bond donors (Lipinski definition) is 3. The number of aliphatic hydroxyl groups excluding tert-OH is 2.